The van der Waals surface area contributed by atoms with Gasteiger partial charge in [0.25, 0.3) is 6.01 Å². The number of rotatable bonds is 0. The molecule has 0 bridgehead atoms. The van der Waals surface area contributed by atoms with Crippen molar-refractivity contribution in [1.29, 1.82) is 0 Å². The van der Waals surface area contributed by atoms with Crippen molar-refractivity contribution in [2.75, 3.05) is 5.73 Å². The maximum atomic E-state index is 12.8. The molecule has 2 N–H and O–H groups in total. The van der Waals surface area contributed by atoms with E-state index in [1.807, 2.05) is 0 Å². The molecule has 12 heavy (non-hydrogen) atoms. The van der Waals surface area contributed by atoms with Gasteiger partial charge in [0.15, 0.2) is 11.4 Å². The fourth-order valence-electron chi connectivity index (χ4n) is 0.977. The first kappa shape index (κ1) is 7.02. The first-order valence-electron chi connectivity index (χ1n) is 3.18. The average molecular weight is 170 g/mol. The molecule has 2 aromatic rings. The van der Waals surface area contributed by atoms with Crippen LogP contribution in [0.15, 0.2) is 16.5 Å². The van der Waals surface area contributed by atoms with E-state index in [-0.39, 0.29) is 17.1 Å². The molecule has 0 saturated heterocycles. The number of halogens is 2. The molecule has 0 atom stereocenters. The zero-order valence-corrected chi connectivity index (χ0v) is 5.84. The van der Waals surface area contributed by atoms with Crippen molar-refractivity contribution in [3.05, 3.63) is 23.8 Å². The number of benzene rings is 1. The van der Waals surface area contributed by atoms with Crippen LogP contribution in [0.5, 0.6) is 0 Å². The summed E-state index contributed by atoms with van der Waals surface area (Å²) in [6, 6.07) is 1.60. The van der Waals surface area contributed by atoms with Crippen molar-refractivity contribution in [3.63, 3.8) is 0 Å². The summed E-state index contributed by atoms with van der Waals surface area (Å²) in [6.45, 7) is 0. The molecule has 0 fully saturated rings. The summed E-state index contributed by atoms with van der Waals surface area (Å²) in [5.74, 6) is -1.50. The predicted molar refractivity (Wildman–Crippen MR) is 38.3 cm³/mol. The highest BCUT2D eigenvalue weighted by Gasteiger charge is 2.09. The summed E-state index contributed by atoms with van der Waals surface area (Å²) >= 11 is 0. The van der Waals surface area contributed by atoms with Gasteiger partial charge in [0.2, 0.25) is 0 Å². The van der Waals surface area contributed by atoms with E-state index < -0.39 is 11.6 Å². The fraction of sp³-hybridized carbons (Fsp3) is 0. The fourth-order valence-corrected chi connectivity index (χ4v) is 0.977. The van der Waals surface area contributed by atoms with E-state index in [2.05, 4.69) is 9.40 Å². The molecule has 0 saturated carbocycles. The van der Waals surface area contributed by atoms with Crippen molar-refractivity contribution < 1.29 is 13.2 Å². The van der Waals surface area contributed by atoms with Crippen LogP contribution in [0, 0.1) is 11.6 Å². The molecule has 1 heterocycles. The van der Waals surface area contributed by atoms with E-state index in [4.69, 9.17) is 5.73 Å². The van der Waals surface area contributed by atoms with Gasteiger partial charge in [-0.15, -0.1) is 0 Å². The van der Waals surface area contributed by atoms with E-state index in [9.17, 15) is 8.78 Å². The molecule has 0 amide bonds. The van der Waals surface area contributed by atoms with Crippen molar-refractivity contribution >= 4 is 17.1 Å². The lowest BCUT2D eigenvalue weighted by atomic mass is 10.3. The Hall–Kier alpha value is -1.65. The maximum Gasteiger partial charge on any atom is 0.293 e. The number of anilines is 1. The third-order valence-electron chi connectivity index (χ3n) is 1.43. The molecular formula is C7H4F2N2O. The number of nitrogen functional groups attached to an aromatic ring is 1. The van der Waals surface area contributed by atoms with Crippen LogP contribution in [0.3, 0.4) is 0 Å². The molecule has 2 rings (SSSR count). The first-order valence-corrected chi connectivity index (χ1v) is 3.18. The normalized spacial score (nSPS) is 10.8. The van der Waals surface area contributed by atoms with Crippen LogP contribution >= 0.6 is 0 Å². The Balaban J connectivity index is 2.88. The van der Waals surface area contributed by atoms with Crippen LogP contribution in [-0.2, 0) is 0 Å². The lowest BCUT2D eigenvalue weighted by molar-refractivity contribution is 0.553. The van der Waals surface area contributed by atoms with Gasteiger partial charge in [0.1, 0.15) is 11.3 Å². The van der Waals surface area contributed by atoms with Crippen LogP contribution in [0.25, 0.3) is 11.1 Å². The van der Waals surface area contributed by atoms with Gasteiger partial charge in [-0.25, -0.2) is 8.78 Å². The van der Waals surface area contributed by atoms with E-state index in [0.717, 1.165) is 6.07 Å². The van der Waals surface area contributed by atoms with E-state index >= 15 is 0 Å². The van der Waals surface area contributed by atoms with Crippen LogP contribution in [0.1, 0.15) is 0 Å². The van der Waals surface area contributed by atoms with Gasteiger partial charge in [-0.1, -0.05) is 0 Å². The van der Waals surface area contributed by atoms with Crippen molar-refractivity contribution in [2.24, 2.45) is 0 Å². The van der Waals surface area contributed by atoms with Crippen LogP contribution in [0.4, 0.5) is 14.8 Å². The number of nitrogens with two attached hydrogens (primary N) is 1. The van der Waals surface area contributed by atoms with Gasteiger partial charge in [0.05, 0.1) is 0 Å². The average Bonchev–Trinajstić information content (AvgIpc) is 2.29. The summed E-state index contributed by atoms with van der Waals surface area (Å²) in [7, 11) is 0. The quantitative estimate of drug-likeness (QED) is 0.654. The summed E-state index contributed by atoms with van der Waals surface area (Å²) in [6.07, 6.45) is 0. The standard InChI is InChI=1S/C7H4F2N2O/c8-3-1-4(9)6-5(2-3)11-7(10)12-6/h1-2H,(H2,10,11). The molecule has 0 unspecified atom stereocenters. The predicted octanol–water partition coefficient (Wildman–Crippen LogP) is 1.69. The molecular weight excluding hydrogens is 166 g/mol. The van der Waals surface area contributed by atoms with Crippen molar-refractivity contribution in [3.8, 4) is 0 Å². The third-order valence-corrected chi connectivity index (χ3v) is 1.43. The number of oxazole rings is 1. The topological polar surface area (TPSA) is 52.0 Å². The Morgan fingerprint density at radius 2 is 2.08 bits per heavy atom. The molecule has 0 aliphatic carbocycles. The van der Waals surface area contributed by atoms with E-state index in [1.54, 1.807) is 0 Å². The summed E-state index contributed by atoms with van der Waals surface area (Å²) < 4.78 is 30.1. The monoisotopic (exact) mass is 170 g/mol. The van der Waals surface area contributed by atoms with Crippen molar-refractivity contribution in [1.82, 2.24) is 4.98 Å². The Bertz CT molecular complexity index is 438. The number of fused-ring (bicyclic) bond motifs is 1. The highest BCUT2D eigenvalue weighted by atomic mass is 19.1. The number of hydrogen-bond donors (Lipinski definition) is 1. The van der Waals surface area contributed by atoms with Gasteiger partial charge >= 0.3 is 0 Å². The van der Waals surface area contributed by atoms with Crippen LogP contribution in [-0.4, -0.2) is 4.98 Å². The summed E-state index contributed by atoms with van der Waals surface area (Å²) in [5, 5.41) is 0. The van der Waals surface area contributed by atoms with E-state index in [0.29, 0.717) is 6.07 Å². The minimum atomic E-state index is -0.797. The molecule has 62 valence electrons. The minimum absolute atomic E-state index is 0.0880. The van der Waals surface area contributed by atoms with Gasteiger partial charge < -0.3 is 10.2 Å². The van der Waals surface area contributed by atoms with Gasteiger partial charge in [-0.05, 0) is 0 Å². The highest BCUT2D eigenvalue weighted by molar-refractivity contribution is 5.74. The molecule has 3 nitrogen and oxygen atoms in total. The van der Waals surface area contributed by atoms with Crippen LogP contribution < -0.4 is 5.73 Å². The maximum absolute atomic E-state index is 12.8. The van der Waals surface area contributed by atoms with Gasteiger partial charge in [-0.3, -0.25) is 0 Å². The zero-order valence-electron chi connectivity index (χ0n) is 5.84. The first-order chi connectivity index (χ1) is 5.66. The number of hydrogen-bond acceptors (Lipinski definition) is 3. The molecule has 5 heteroatoms. The van der Waals surface area contributed by atoms with Gasteiger partial charge in [0, 0.05) is 12.1 Å². The molecule has 0 aliphatic heterocycles. The Kier molecular flexibility index (Phi) is 1.27. The summed E-state index contributed by atoms with van der Waals surface area (Å²) in [4.78, 5) is 3.57. The lowest BCUT2D eigenvalue weighted by Gasteiger charge is -1.88. The molecule has 0 spiro atoms. The SMILES string of the molecule is Nc1nc2cc(F)cc(F)c2o1. The van der Waals surface area contributed by atoms with Crippen LogP contribution in [0.2, 0.25) is 0 Å². The highest BCUT2D eigenvalue weighted by Crippen LogP contribution is 2.20. The number of nitrogens with zero attached hydrogens (tertiary/aromatic N) is 1. The molecule has 1 aromatic heterocycles. The second kappa shape index (κ2) is 2.17. The minimum Gasteiger partial charge on any atom is -0.421 e. The Labute approximate surface area is 65.8 Å². The smallest absolute Gasteiger partial charge is 0.293 e. The third kappa shape index (κ3) is 0.903. The second-order valence-electron chi connectivity index (χ2n) is 2.29. The lowest BCUT2D eigenvalue weighted by Crippen LogP contribution is -1.81. The molecule has 1 aromatic carbocycles. The molecule has 0 aliphatic rings. The van der Waals surface area contributed by atoms with Gasteiger partial charge in [-0.2, -0.15) is 4.98 Å². The van der Waals surface area contributed by atoms with Crippen molar-refractivity contribution in [2.45, 2.75) is 0 Å². The second-order valence-corrected chi connectivity index (χ2v) is 2.29. The Morgan fingerprint density at radius 3 is 2.83 bits per heavy atom. The zero-order chi connectivity index (χ0) is 8.72. The molecule has 0 radical (unpaired) electrons. The van der Waals surface area contributed by atoms with E-state index in [1.165, 1.54) is 0 Å². The number of aromatic nitrogens is 1. The largest absolute Gasteiger partial charge is 0.421 e. The Morgan fingerprint density at radius 1 is 1.33 bits per heavy atom. The summed E-state index contributed by atoms with van der Waals surface area (Å²) in [5.41, 5.74) is 5.11.